The van der Waals surface area contributed by atoms with Gasteiger partial charge in [-0.15, -0.1) is 0 Å². The molecule has 0 aromatic carbocycles. The highest BCUT2D eigenvalue weighted by Gasteiger charge is 1.98. The summed E-state index contributed by atoms with van der Waals surface area (Å²) in [6, 6.07) is 0. The summed E-state index contributed by atoms with van der Waals surface area (Å²) in [5.41, 5.74) is 0.435. The molecule has 1 N–H and O–H groups in total. The van der Waals surface area contributed by atoms with Gasteiger partial charge in [0, 0.05) is 5.57 Å². The van der Waals surface area contributed by atoms with E-state index in [-0.39, 0.29) is 5.92 Å². The van der Waals surface area contributed by atoms with Gasteiger partial charge in [-0.2, -0.15) is 0 Å². The lowest BCUT2D eigenvalue weighted by atomic mass is 10.1. The average Bonchev–Trinajstić information content (AvgIpc) is 1.69. The van der Waals surface area contributed by atoms with Crippen LogP contribution < -0.4 is 0 Å². The maximum absolute atomic E-state index is 9.95. The molecule has 0 aliphatic heterocycles. The molecule has 0 rings (SSSR count). The smallest absolute Gasteiger partial charge is 0.149 e. The summed E-state index contributed by atoms with van der Waals surface area (Å²) in [6.07, 6.45) is 1.50. The van der Waals surface area contributed by atoms with Crippen LogP contribution in [0.15, 0.2) is 11.8 Å². The number of hydrogen-bond donors (Lipinski definition) is 1. The molecule has 0 spiro atoms. The van der Waals surface area contributed by atoms with E-state index in [1.54, 1.807) is 0 Å². The van der Waals surface area contributed by atoms with Crippen molar-refractivity contribution in [3.8, 4) is 0 Å². The van der Waals surface area contributed by atoms with Gasteiger partial charge >= 0.3 is 0 Å². The number of rotatable bonds is 2. The molecule has 0 radical (unpaired) electrons. The van der Waals surface area contributed by atoms with E-state index in [2.05, 4.69) is 0 Å². The summed E-state index contributed by atoms with van der Waals surface area (Å²) < 4.78 is 0. The molecule has 2 nitrogen and oxygen atoms in total. The minimum atomic E-state index is 0.123. The van der Waals surface area contributed by atoms with Gasteiger partial charge in [-0.3, -0.25) is 4.79 Å². The minimum Gasteiger partial charge on any atom is -0.515 e. The maximum atomic E-state index is 9.95. The summed E-state index contributed by atoms with van der Waals surface area (Å²) in [5, 5.41) is 8.30. The molecule has 0 saturated carbocycles. The standard InChI is InChI=1S/C6H10O2/c1-5(2)6(3-7)4-8/h3-5,7H,1-2H3/b6-3-. The second-order valence-corrected chi connectivity index (χ2v) is 1.90. The molecular weight excluding hydrogens is 104 g/mol. The predicted octanol–water partition coefficient (Wildman–Crippen LogP) is 1.28. The van der Waals surface area contributed by atoms with Crippen LogP contribution in [-0.4, -0.2) is 11.4 Å². The van der Waals surface area contributed by atoms with Crippen LogP contribution in [0.4, 0.5) is 0 Å². The molecule has 8 heavy (non-hydrogen) atoms. The van der Waals surface area contributed by atoms with E-state index >= 15 is 0 Å². The van der Waals surface area contributed by atoms with Crippen LogP contribution in [0.25, 0.3) is 0 Å². The van der Waals surface area contributed by atoms with Crippen molar-refractivity contribution in [2.75, 3.05) is 0 Å². The zero-order valence-corrected chi connectivity index (χ0v) is 5.09. The monoisotopic (exact) mass is 114 g/mol. The highest BCUT2D eigenvalue weighted by Crippen LogP contribution is 2.03. The third-order valence-corrected chi connectivity index (χ3v) is 0.952. The van der Waals surface area contributed by atoms with Crippen molar-refractivity contribution in [2.24, 2.45) is 5.92 Å². The van der Waals surface area contributed by atoms with Crippen molar-refractivity contribution in [1.82, 2.24) is 0 Å². The van der Waals surface area contributed by atoms with Crippen molar-refractivity contribution < 1.29 is 9.90 Å². The third kappa shape index (κ3) is 1.78. The minimum absolute atomic E-state index is 0.123. The van der Waals surface area contributed by atoms with Gasteiger partial charge in [0.15, 0.2) is 0 Å². The van der Waals surface area contributed by atoms with Gasteiger partial charge in [0.1, 0.15) is 6.29 Å². The number of allylic oxidation sites excluding steroid dienone is 1. The summed E-state index contributed by atoms with van der Waals surface area (Å²) >= 11 is 0. The van der Waals surface area contributed by atoms with Crippen molar-refractivity contribution in [1.29, 1.82) is 0 Å². The van der Waals surface area contributed by atoms with Crippen LogP contribution >= 0.6 is 0 Å². The van der Waals surface area contributed by atoms with Gasteiger partial charge in [0.05, 0.1) is 6.26 Å². The van der Waals surface area contributed by atoms with Crippen LogP contribution in [0.5, 0.6) is 0 Å². The molecular formula is C6H10O2. The molecule has 2 heteroatoms. The van der Waals surface area contributed by atoms with Crippen molar-refractivity contribution in [3.05, 3.63) is 11.8 Å². The largest absolute Gasteiger partial charge is 0.515 e. The van der Waals surface area contributed by atoms with E-state index in [1.807, 2.05) is 13.8 Å². The fourth-order valence-corrected chi connectivity index (χ4v) is 0.316. The Kier molecular flexibility index (Phi) is 2.92. The summed E-state index contributed by atoms with van der Waals surface area (Å²) in [6.45, 7) is 3.69. The maximum Gasteiger partial charge on any atom is 0.149 e. The predicted molar refractivity (Wildman–Crippen MR) is 31.6 cm³/mol. The SMILES string of the molecule is CC(C)/C(C=O)=C\O. The first-order valence-corrected chi connectivity index (χ1v) is 2.51. The number of carbonyl (C=O) groups excluding carboxylic acids is 1. The highest BCUT2D eigenvalue weighted by atomic mass is 16.2. The van der Waals surface area contributed by atoms with Gasteiger partial charge in [0.2, 0.25) is 0 Å². The Morgan fingerprint density at radius 3 is 2.12 bits per heavy atom. The van der Waals surface area contributed by atoms with Gasteiger partial charge in [-0.05, 0) is 5.92 Å². The normalized spacial score (nSPS) is 12.1. The summed E-state index contributed by atoms with van der Waals surface area (Å²) in [5.74, 6) is 0.123. The molecule has 0 saturated heterocycles. The van der Waals surface area contributed by atoms with Gasteiger partial charge < -0.3 is 5.11 Å². The Balaban J connectivity index is 3.91. The van der Waals surface area contributed by atoms with E-state index in [9.17, 15) is 4.79 Å². The second-order valence-electron chi connectivity index (χ2n) is 1.90. The lowest BCUT2D eigenvalue weighted by molar-refractivity contribution is -0.105. The van der Waals surface area contributed by atoms with Crippen LogP contribution in [0.3, 0.4) is 0 Å². The molecule has 0 aliphatic rings. The average molecular weight is 114 g/mol. The van der Waals surface area contributed by atoms with Crippen molar-refractivity contribution >= 4 is 6.29 Å². The van der Waals surface area contributed by atoms with Crippen LogP contribution in [0, 0.1) is 5.92 Å². The van der Waals surface area contributed by atoms with Crippen LogP contribution in [0.1, 0.15) is 13.8 Å². The molecule has 0 aromatic rings. The fraction of sp³-hybridized carbons (Fsp3) is 0.500. The molecule has 0 amide bonds. The Bertz CT molecular complexity index is 103. The van der Waals surface area contributed by atoms with Gasteiger partial charge in [-0.1, -0.05) is 13.8 Å². The van der Waals surface area contributed by atoms with Crippen LogP contribution in [-0.2, 0) is 4.79 Å². The molecule has 0 unspecified atom stereocenters. The fourth-order valence-electron chi connectivity index (χ4n) is 0.316. The van der Waals surface area contributed by atoms with Gasteiger partial charge in [-0.25, -0.2) is 0 Å². The quantitative estimate of drug-likeness (QED) is 0.333. The number of aldehydes is 1. The summed E-state index contributed by atoms with van der Waals surface area (Å²) in [4.78, 5) is 9.95. The topological polar surface area (TPSA) is 37.3 Å². The summed E-state index contributed by atoms with van der Waals surface area (Å²) in [7, 11) is 0. The van der Waals surface area contributed by atoms with Crippen molar-refractivity contribution in [2.45, 2.75) is 13.8 Å². The van der Waals surface area contributed by atoms with Crippen LogP contribution in [0.2, 0.25) is 0 Å². The number of carbonyl (C=O) groups is 1. The first-order valence-electron chi connectivity index (χ1n) is 2.51. The third-order valence-electron chi connectivity index (χ3n) is 0.952. The lowest BCUT2D eigenvalue weighted by Gasteiger charge is -1.97. The molecule has 0 bridgehead atoms. The van der Waals surface area contributed by atoms with E-state index in [1.165, 1.54) is 0 Å². The zero-order chi connectivity index (χ0) is 6.57. The van der Waals surface area contributed by atoms with Crippen molar-refractivity contribution in [3.63, 3.8) is 0 Å². The first kappa shape index (κ1) is 7.21. The molecule has 0 heterocycles. The zero-order valence-electron chi connectivity index (χ0n) is 5.09. The van der Waals surface area contributed by atoms with E-state index in [0.717, 1.165) is 6.26 Å². The number of aliphatic hydroxyl groups is 1. The Morgan fingerprint density at radius 1 is 1.62 bits per heavy atom. The Labute approximate surface area is 48.8 Å². The van der Waals surface area contributed by atoms with Gasteiger partial charge in [0.25, 0.3) is 0 Å². The number of hydrogen-bond acceptors (Lipinski definition) is 2. The van der Waals surface area contributed by atoms with E-state index in [0.29, 0.717) is 11.9 Å². The Hall–Kier alpha value is -0.790. The molecule has 46 valence electrons. The van der Waals surface area contributed by atoms with E-state index in [4.69, 9.17) is 5.11 Å². The molecule has 0 fully saturated rings. The second kappa shape index (κ2) is 3.24. The van der Waals surface area contributed by atoms with E-state index < -0.39 is 0 Å². The number of aliphatic hydroxyl groups excluding tert-OH is 1. The molecule has 0 atom stereocenters. The first-order chi connectivity index (χ1) is 3.72. The molecule has 0 aromatic heterocycles. The lowest BCUT2D eigenvalue weighted by Crippen LogP contribution is -1.93. The highest BCUT2D eigenvalue weighted by molar-refractivity contribution is 5.73. The molecule has 0 aliphatic carbocycles. The Morgan fingerprint density at radius 2 is 2.12 bits per heavy atom.